The molecule has 0 radical (unpaired) electrons. The highest BCUT2D eigenvalue weighted by Gasteiger charge is 2.27. The van der Waals surface area contributed by atoms with E-state index in [-0.39, 0.29) is 12.6 Å². The van der Waals surface area contributed by atoms with Gasteiger partial charge < -0.3 is 15.1 Å². The lowest BCUT2D eigenvalue weighted by atomic mass is 10.0. The van der Waals surface area contributed by atoms with Crippen molar-refractivity contribution in [2.45, 2.75) is 31.8 Å². The molecule has 5 nitrogen and oxygen atoms in total. The van der Waals surface area contributed by atoms with Gasteiger partial charge in [0.15, 0.2) is 0 Å². The van der Waals surface area contributed by atoms with E-state index in [0.29, 0.717) is 13.0 Å². The Labute approximate surface area is 136 Å². The van der Waals surface area contributed by atoms with Crippen molar-refractivity contribution in [2.24, 2.45) is 0 Å². The van der Waals surface area contributed by atoms with Gasteiger partial charge >= 0.3 is 6.09 Å². The van der Waals surface area contributed by atoms with Crippen LogP contribution < -0.4 is 0 Å². The number of piperidine rings is 1. The van der Waals surface area contributed by atoms with E-state index in [4.69, 9.17) is 16.7 Å². The van der Waals surface area contributed by atoms with Gasteiger partial charge in [-0.2, -0.15) is 0 Å². The molecule has 0 aliphatic carbocycles. The van der Waals surface area contributed by atoms with Gasteiger partial charge in [0.05, 0.1) is 0 Å². The minimum atomic E-state index is -0.885. The molecule has 6 heteroatoms. The molecule has 1 aromatic carbocycles. The summed E-state index contributed by atoms with van der Waals surface area (Å²) >= 11 is 5.89. The minimum Gasteiger partial charge on any atom is -0.465 e. The lowest BCUT2D eigenvalue weighted by Gasteiger charge is -2.37. The van der Waals surface area contributed by atoms with Crippen molar-refractivity contribution < 1.29 is 15.0 Å². The molecule has 2 rings (SSSR count). The van der Waals surface area contributed by atoms with Crippen molar-refractivity contribution in [3.05, 3.63) is 34.9 Å². The second-order valence-corrected chi connectivity index (χ2v) is 6.12. The molecule has 1 saturated heterocycles. The molecular weight excluding hydrogens is 304 g/mol. The molecule has 1 aliphatic heterocycles. The Balaban J connectivity index is 1.83. The zero-order chi connectivity index (χ0) is 15.9. The highest BCUT2D eigenvalue weighted by atomic mass is 35.5. The third-order valence-electron chi connectivity index (χ3n) is 4.12. The summed E-state index contributed by atoms with van der Waals surface area (Å²) in [5, 5.41) is 18.9. The van der Waals surface area contributed by atoms with Crippen LogP contribution in [-0.4, -0.2) is 58.4 Å². The van der Waals surface area contributed by atoms with Gasteiger partial charge in [-0.3, -0.25) is 4.90 Å². The zero-order valence-corrected chi connectivity index (χ0v) is 13.4. The quantitative estimate of drug-likeness (QED) is 0.843. The predicted octanol–water partition coefficient (Wildman–Crippen LogP) is 2.67. The first kappa shape index (κ1) is 17.1. The van der Waals surface area contributed by atoms with Crippen molar-refractivity contribution in [1.82, 2.24) is 9.80 Å². The number of likely N-dealkylation sites (tertiary alicyclic amines) is 1. The Morgan fingerprint density at radius 1 is 1.27 bits per heavy atom. The van der Waals surface area contributed by atoms with Gasteiger partial charge in [-0.1, -0.05) is 23.7 Å². The Kier molecular flexibility index (Phi) is 6.49. The van der Waals surface area contributed by atoms with E-state index < -0.39 is 6.09 Å². The van der Waals surface area contributed by atoms with E-state index in [9.17, 15) is 9.90 Å². The highest BCUT2D eigenvalue weighted by molar-refractivity contribution is 6.30. The maximum Gasteiger partial charge on any atom is 0.407 e. The Bertz CT molecular complexity index is 473. The summed E-state index contributed by atoms with van der Waals surface area (Å²) < 4.78 is 0. The van der Waals surface area contributed by atoms with Crippen molar-refractivity contribution in [3.8, 4) is 0 Å². The fraction of sp³-hybridized carbons (Fsp3) is 0.562. The van der Waals surface area contributed by atoms with Crippen LogP contribution in [0.4, 0.5) is 4.79 Å². The molecule has 1 aliphatic rings. The maximum atomic E-state index is 11.3. The van der Waals surface area contributed by atoms with Gasteiger partial charge in [0.25, 0.3) is 0 Å². The second-order valence-electron chi connectivity index (χ2n) is 5.69. The van der Waals surface area contributed by atoms with Crippen molar-refractivity contribution in [1.29, 1.82) is 0 Å². The van der Waals surface area contributed by atoms with E-state index in [0.717, 1.165) is 37.5 Å². The predicted molar refractivity (Wildman–Crippen MR) is 86.2 cm³/mol. The Hall–Kier alpha value is -1.30. The van der Waals surface area contributed by atoms with Gasteiger partial charge in [0, 0.05) is 43.9 Å². The standard InChI is InChI=1S/C16H23ClN2O3/c17-14-4-2-13(3-5-14)12-18-9-6-15(7-10-18)19(16(21)22)8-1-11-20/h2-5,15,20H,1,6-12H2,(H,21,22). The second kappa shape index (κ2) is 8.36. The third-order valence-corrected chi connectivity index (χ3v) is 4.37. The van der Waals surface area contributed by atoms with Crippen molar-refractivity contribution in [2.75, 3.05) is 26.2 Å². The van der Waals surface area contributed by atoms with Crippen LogP contribution in [0.2, 0.25) is 5.02 Å². The molecule has 1 heterocycles. The number of carboxylic acid groups (broad SMARTS) is 1. The fourth-order valence-corrected chi connectivity index (χ4v) is 3.04. The zero-order valence-electron chi connectivity index (χ0n) is 12.6. The van der Waals surface area contributed by atoms with Crippen LogP contribution in [0.1, 0.15) is 24.8 Å². The van der Waals surface area contributed by atoms with Gasteiger partial charge in [-0.15, -0.1) is 0 Å². The number of amides is 1. The number of benzene rings is 1. The van der Waals surface area contributed by atoms with Crippen LogP contribution in [0.3, 0.4) is 0 Å². The number of aliphatic hydroxyl groups is 1. The van der Waals surface area contributed by atoms with E-state index in [1.54, 1.807) is 0 Å². The molecular formula is C16H23ClN2O3. The Morgan fingerprint density at radius 3 is 2.45 bits per heavy atom. The molecule has 2 N–H and O–H groups in total. The van der Waals surface area contributed by atoms with Crippen LogP contribution in [-0.2, 0) is 6.54 Å². The monoisotopic (exact) mass is 326 g/mol. The summed E-state index contributed by atoms with van der Waals surface area (Å²) in [6.45, 7) is 3.08. The summed E-state index contributed by atoms with van der Waals surface area (Å²) in [7, 11) is 0. The molecule has 1 fully saturated rings. The maximum absolute atomic E-state index is 11.3. The third kappa shape index (κ3) is 4.87. The smallest absolute Gasteiger partial charge is 0.407 e. The lowest BCUT2D eigenvalue weighted by Crippen LogP contribution is -2.47. The minimum absolute atomic E-state index is 0.0270. The number of rotatable bonds is 6. The van der Waals surface area contributed by atoms with Crippen LogP contribution >= 0.6 is 11.6 Å². The molecule has 0 unspecified atom stereocenters. The first-order chi connectivity index (χ1) is 10.6. The average molecular weight is 327 g/mol. The van der Waals surface area contributed by atoms with Crippen LogP contribution in [0.5, 0.6) is 0 Å². The first-order valence-electron chi connectivity index (χ1n) is 7.67. The number of carbonyl (C=O) groups is 1. The molecule has 1 aromatic rings. The number of hydrogen-bond donors (Lipinski definition) is 2. The summed E-state index contributed by atoms with van der Waals surface area (Å²) in [5.74, 6) is 0. The SMILES string of the molecule is O=C(O)N(CCCO)C1CCN(Cc2ccc(Cl)cc2)CC1. The summed E-state index contributed by atoms with van der Waals surface area (Å²) in [5.41, 5.74) is 1.22. The normalized spacial score (nSPS) is 16.6. The molecule has 0 spiro atoms. The molecule has 0 bridgehead atoms. The number of aliphatic hydroxyl groups excluding tert-OH is 1. The van der Waals surface area contributed by atoms with Crippen molar-refractivity contribution >= 4 is 17.7 Å². The van der Waals surface area contributed by atoms with Gasteiger partial charge in [0.2, 0.25) is 0 Å². The number of hydrogen-bond acceptors (Lipinski definition) is 3. The summed E-state index contributed by atoms with van der Waals surface area (Å²) in [4.78, 5) is 15.1. The average Bonchev–Trinajstić information content (AvgIpc) is 2.51. The van der Waals surface area contributed by atoms with Crippen LogP contribution in [0.15, 0.2) is 24.3 Å². The van der Waals surface area contributed by atoms with E-state index >= 15 is 0 Å². The highest BCUT2D eigenvalue weighted by Crippen LogP contribution is 2.19. The summed E-state index contributed by atoms with van der Waals surface area (Å²) in [6, 6.07) is 7.90. The molecule has 0 aromatic heterocycles. The van der Waals surface area contributed by atoms with Crippen LogP contribution in [0.25, 0.3) is 0 Å². The van der Waals surface area contributed by atoms with Crippen LogP contribution in [0, 0.1) is 0 Å². The van der Waals surface area contributed by atoms with E-state index in [1.165, 1.54) is 10.5 Å². The number of nitrogens with zero attached hydrogens (tertiary/aromatic N) is 2. The molecule has 0 saturated carbocycles. The van der Waals surface area contributed by atoms with Gasteiger partial charge in [-0.05, 0) is 37.0 Å². The topological polar surface area (TPSA) is 64.0 Å². The molecule has 22 heavy (non-hydrogen) atoms. The fourth-order valence-electron chi connectivity index (χ4n) is 2.91. The van der Waals surface area contributed by atoms with E-state index in [2.05, 4.69) is 4.90 Å². The van der Waals surface area contributed by atoms with Crippen molar-refractivity contribution in [3.63, 3.8) is 0 Å². The van der Waals surface area contributed by atoms with E-state index in [1.807, 2.05) is 24.3 Å². The lowest BCUT2D eigenvalue weighted by molar-refractivity contribution is 0.0848. The first-order valence-corrected chi connectivity index (χ1v) is 8.05. The molecule has 122 valence electrons. The largest absolute Gasteiger partial charge is 0.465 e. The number of halogens is 1. The molecule has 0 atom stereocenters. The Morgan fingerprint density at radius 2 is 1.91 bits per heavy atom. The van der Waals surface area contributed by atoms with Gasteiger partial charge in [0.1, 0.15) is 0 Å². The molecule has 1 amide bonds. The van der Waals surface area contributed by atoms with Gasteiger partial charge in [-0.25, -0.2) is 4.79 Å². The summed E-state index contributed by atoms with van der Waals surface area (Å²) in [6.07, 6.45) is 1.29.